The van der Waals surface area contributed by atoms with Crippen molar-refractivity contribution in [1.82, 2.24) is 4.98 Å². The minimum atomic E-state index is -1.25. The quantitative estimate of drug-likeness (QED) is 0.573. The number of piperidine rings is 1. The number of anilines is 2. The first-order chi connectivity index (χ1) is 16.8. The standard InChI is InChI=1S/C25H31ClFN3O5/c1-15-13-29(20-10-23(33-2)28-12-18(20)26)9-8-22(15)35-17-6-4-16(5-7-17)30-14-19(27)25(34-3)21(30)11-24(31)32/h4-7,10,12,15,19,21-22,25H,8-9,11,13-14H2,1-3H3,(H,31,32)/t15-,19+,21+,22-,25-/m1/s1. The number of carboxylic acid groups (broad SMARTS) is 1. The monoisotopic (exact) mass is 507 g/mol. The van der Waals surface area contributed by atoms with Crippen molar-refractivity contribution < 1.29 is 28.5 Å². The number of aromatic nitrogens is 1. The Morgan fingerprint density at radius 3 is 2.63 bits per heavy atom. The first kappa shape index (κ1) is 25.3. The molecule has 2 fully saturated rings. The molecule has 2 aliphatic rings. The van der Waals surface area contributed by atoms with Crippen LogP contribution in [0.2, 0.25) is 5.02 Å². The molecule has 1 aromatic heterocycles. The molecule has 0 saturated carbocycles. The Morgan fingerprint density at radius 2 is 2.00 bits per heavy atom. The van der Waals surface area contributed by atoms with Crippen molar-refractivity contribution in [2.45, 2.75) is 44.2 Å². The van der Waals surface area contributed by atoms with Gasteiger partial charge in [0.1, 0.15) is 24.1 Å². The highest BCUT2D eigenvalue weighted by molar-refractivity contribution is 6.33. The fourth-order valence-corrected chi connectivity index (χ4v) is 5.25. The van der Waals surface area contributed by atoms with Gasteiger partial charge in [0.15, 0.2) is 0 Å². The van der Waals surface area contributed by atoms with Crippen LogP contribution in [0.1, 0.15) is 19.8 Å². The second-order valence-corrected chi connectivity index (χ2v) is 9.48. The summed E-state index contributed by atoms with van der Waals surface area (Å²) in [6.45, 7) is 3.79. The molecule has 3 heterocycles. The number of hydrogen-bond acceptors (Lipinski definition) is 7. The molecule has 2 aliphatic heterocycles. The van der Waals surface area contributed by atoms with Crippen molar-refractivity contribution in [3.8, 4) is 11.6 Å². The van der Waals surface area contributed by atoms with E-state index < -0.39 is 24.3 Å². The molecule has 4 rings (SSSR count). The van der Waals surface area contributed by atoms with E-state index in [0.717, 1.165) is 36.6 Å². The minimum absolute atomic E-state index is 0.0271. The second kappa shape index (κ2) is 10.9. The van der Waals surface area contributed by atoms with Crippen LogP contribution in [-0.2, 0) is 9.53 Å². The normalized spacial score (nSPS) is 26.6. The third-order valence-corrected chi connectivity index (χ3v) is 7.10. The number of rotatable bonds is 8. The maximum Gasteiger partial charge on any atom is 0.305 e. The van der Waals surface area contributed by atoms with Crippen LogP contribution >= 0.6 is 11.6 Å². The minimum Gasteiger partial charge on any atom is -0.490 e. The number of methoxy groups -OCH3 is 2. The van der Waals surface area contributed by atoms with Crippen LogP contribution in [0.15, 0.2) is 36.5 Å². The summed E-state index contributed by atoms with van der Waals surface area (Å²) in [5.41, 5.74) is 1.64. The van der Waals surface area contributed by atoms with Gasteiger partial charge in [0.25, 0.3) is 0 Å². The van der Waals surface area contributed by atoms with Gasteiger partial charge in [-0.15, -0.1) is 0 Å². The number of pyridine rings is 1. The predicted octanol–water partition coefficient (Wildman–Crippen LogP) is 4.05. The molecular weight excluding hydrogens is 477 g/mol. The second-order valence-electron chi connectivity index (χ2n) is 9.07. The Kier molecular flexibility index (Phi) is 7.86. The van der Waals surface area contributed by atoms with E-state index in [9.17, 15) is 14.3 Å². The van der Waals surface area contributed by atoms with E-state index in [1.807, 2.05) is 30.3 Å². The number of hydrogen-bond donors (Lipinski definition) is 1. The molecule has 8 nitrogen and oxygen atoms in total. The van der Waals surface area contributed by atoms with Crippen molar-refractivity contribution in [1.29, 1.82) is 0 Å². The first-order valence-corrected chi connectivity index (χ1v) is 12.0. The summed E-state index contributed by atoms with van der Waals surface area (Å²) in [6.07, 6.45) is 0.226. The molecule has 1 N–H and O–H groups in total. The van der Waals surface area contributed by atoms with Crippen LogP contribution in [0.3, 0.4) is 0 Å². The van der Waals surface area contributed by atoms with Crippen LogP contribution in [-0.4, -0.2) is 74.3 Å². The molecule has 35 heavy (non-hydrogen) atoms. The van der Waals surface area contributed by atoms with E-state index in [1.54, 1.807) is 18.2 Å². The highest BCUT2D eigenvalue weighted by Gasteiger charge is 2.43. The van der Waals surface area contributed by atoms with Gasteiger partial charge in [0, 0.05) is 44.3 Å². The van der Waals surface area contributed by atoms with Gasteiger partial charge in [0.05, 0.1) is 43.0 Å². The number of benzene rings is 1. The number of aliphatic carboxylic acids is 1. The number of carboxylic acids is 1. The van der Waals surface area contributed by atoms with E-state index in [0.29, 0.717) is 10.9 Å². The fourth-order valence-electron chi connectivity index (χ4n) is 5.02. The molecule has 0 amide bonds. The zero-order valence-electron chi connectivity index (χ0n) is 20.1. The van der Waals surface area contributed by atoms with Crippen molar-refractivity contribution in [3.05, 3.63) is 41.6 Å². The lowest BCUT2D eigenvalue weighted by molar-refractivity contribution is -0.138. The van der Waals surface area contributed by atoms with Crippen LogP contribution in [0.25, 0.3) is 0 Å². The van der Waals surface area contributed by atoms with Crippen molar-refractivity contribution in [2.24, 2.45) is 5.92 Å². The van der Waals surface area contributed by atoms with Crippen LogP contribution < -0.4 is 19.3 Å². The van der Waals surface area contributed by atoms with E-state index in [-0.39, 0.29) is 25.0 Å². The lowest BCUT2D eigenvalue weighted by Crippen LogP contribution is -2.44. The molecule has 2 saturated heterocycles. The van der Waals surface area contributed by atoms with Crippen LogP contribution in [0.5, 0.6) is 11.6 Å². The molecule has 0 bridgehead atoms. The first-order valence-electron chi connectivity index (χ1n) is 11.7. The zero-order valence-corrected chi connectivity index (χ0v) is 20.8. The topological polar surface area (TPSA) is 84.4 Å². The third kappa shape index (κ3) is 5.56. The van der Waals surface area contributed by atoms with E-state index >= 15 is 0 Å². The zero-order chi connectivity index (χ0) is 25.1. The van der Waals surface area contributed by atoms with Gasteiger partial charge in [-0.1, -0.05) is 18.5 Å². The molecule has 10 heteroatoms. The van der Waals surface area contributed by atoms with E-state index in [1.165, 1.54) is 7.11 Å². The summed E-state index contributed by atoms with van der Waals surface area (Å²) < 4.78 is 31.3. The Balaban J connectivity index is 1.40. The van der Waals surface area contributed by atoms with Crippen molar-refractivity contribution >= 4 is 28.9 Å². The third-order valence-electron chi connectivity index (χ3n) is 6.81. The number of ether oxygens (including phenoxy) is 3. The molecular formula is C25H31ClFN3O5. The van der Waals surface area contributed by atoms with Gasteiger partial charge in [0.2, 0.25) is 5.88 Å². The highest BCUT2D eigenvalue weighted by Crippen LogP contribution is 2.35. The summed E-state index contributed by atoms with van der Waals surface area (Å²) in [4.78, 5) is 19.5. The summed E-state index contributed by atoms with van der Waals surface area (Å²) in [6, 6.07) is 8.67. The molecule has 190 valence electrons. The number of nitrogens with zero attached hydrogens (tertiary/aromatic N) is 3. The molecule has 0 unspecified atom stereocenters. The highest BCUT2D eigenvalue weighted by atomic mass is 35.5. The summed E-state index contributed by atoms with van der Waals surface area (Å²) in [5, 5.41) is 9.86. The summed E-state index contributed by atoms with van der Waals surface area (Å²) in [5.74, 6) is 0.501. The van der Waals surface area contributed by atoms with Crippen molar-refractivity contribution in [3.63, 3.8) is 0 Å². The maximum atomic E-state index is 14.5. The number of alkyl halides is 1. The largest absolute Gasteiger partial charge is 0.490 e. The lowest BCUT2D eigenvalue weighted by atomic mass is 9.96. The van der Waals surface area contributed by atoms with E-state index in [2.05, 4.69) is 16.8 Å². The van der Waals surface area contributed by atoms with Crippen molar-refractivity contribution in [2.75, 3.05) is 43.7 Å². The van der Waals surface area contributed by atoms with Gasteiger partial charge in [-0.3, -0.25) is 4.79 Å². The predicted molar refractivity (Wildman–Crippen MR) is 132 cm³/mol. The number of halogens is 2. The molecule has 0 radical (unpaired) electrons. The average Bonchev–Trinajstić information content (AvgIpc) is 3.15. The smallest absolute Gasteiger partial charge is 0.305 e. The van der Waals surface area contributed by atoms with Gasteiger partial charge in [-0.25, -0.2) is 9.37 Å². The fraction of sp³-hybridized carbons (Fsp3) is 0.520. The molecule has 0 aliphatic carbocycles. The Hall–Kier alpha value is -2.78. The average molecular weight is 508 g/mol. The summed E-state index contributed by atoms with van der Waals surface area (Å²) >= 11 is 6.38. The van der Waals surface area contributed by atoms with E-state index in [4.69, 9.17) is 25.8 Å². The van der Waals surface area contributed by atoms with Crippen LogP contribution in [0.4, 0.5) is 15.8 Å². The van der Waals surface area contributed by atoms with Gasteiger partial charge in [-0.2, -0.15) is 0 Å². The van der Waals surface area contributed by atoms with Gasteiger partial charge < -0.3 is 29.1 Å². The lowest BCUT2D eigenvalue weighted by Gasteiger charge is -2.38. The SMILES string of the molecule is COc1cc(N2CC[C@@H](Oc3ccc(N4C[C@H](F)[C@@H](OC)[C@@H]4CC(=O)O)cc3)[C@H](C)C2)c(Cl)cn1. The molecule has 2 aromatic rings. The maximum absolute atomic E-state index is 14.5. The summed E-state index contributed by atoms with van der Waals surface area (Å²) in [7, 11) is 2.99. The Bertz CT molecular complexity index is 1030. The van der Waals surface area contributed by atoms with Gasteiger partial charge >= 0.3 is 5.97 Å². The molecule has 0 spiro atoms. The molecule has 5 atom stereocenters. The number of carbonyl (C=O) groups is 1. The van der Waals surface area contributed by atoms with Crippen LogP contribution in [0, 0.1) is 5.92 Å². The van der Waals surface area contributed by atoms with Gasteiger partial charge in [-0.05, 0) is 24.3 Å². The Morgan fingerprint density at radius 1 is 1.26 bits per heavy atom. The molecule has 1 aromatic carbocycles. The Labute approximate surface area is 209 Å².